The Morgan fingerprint density at radius 2 is 1.61 bits per heavy atom. The SMILES string of the molecule is O=C(Nc1cc(-n2cccc2)ccc1F)C1CCN(C(=O)c2cccc3ccccc23)CC1. The maximum Gasteiger partial charge on any atom is 0.254 e. The minimum absolute atomic E-state index is 0.0175. The second-order valence-electron chi connectivity index (χ2n) is 8.34. The lowest BCUT2D eigenvalue weighted by Crippen LogP contribution is -2.41. The van der Waals surface area contributed by atoms with Gasteiger partial charge in [-0.3, -0.25) is 9.59 Å². The number of nitrogens with one attached hydrogen (secondary N) is 1. The predicted molar refractivity (Wildman–Crippen MR) is 127 cm³/mol. The van der Waals surface area contributed by atoms with Crippen LogP contribution in [0.4, 0.5) is 10.1 Å². The van der Waals surface area contributed by atoms with Crippen molar-refractivity contribution >= 4 is 28.3 Å². The van der Waals surface area contributed by atoms with Crippen molar-refractivity contribution in [3.8, 4) is 5.69 Å². The Balaban J connectivity index is 1.25. The van der Waals surface area contributed by atoms with Crippen LogP contribution >= 0.6 is 0 Å². The normalized spacial score (nSPS) is 14.4. The molecule has 166 valence electrons. The van der Waals surface area contributed by atoms with Crippen molar-refractivity contribution in [1.29, 1.82) is 0 Å². The van der Waals surface area contributed by atoms with E-state index in [1.54, 1.807) is 17.0 Å². The summed E-state index contributed by atoms with van der Waals surface area (Å²) in [6, 6.07) is 22.0. The molecule has 33 heavy (non-hydrogen) atoms. The van der Waals surface area contributed by atoms with E-state index in [1.807, 2.05) is 71.6 Å². The summed E-state index contributed by atoms with van der Waals surface area (Å²) >= 11 is 0. The second-order valence-corrected chi connectivity index (χ2v) is 8.34. The average Bonchev–Trinajstić information content (AvgIpc) is 3.40. The number of hydrogen-bond donors (Lipinski definition) is 1. The van der Waals surface area contributed by atoms with Crippen molar-refractivity contribution in [3.05, 3.63) is 96.6 Å². The first-order valence-corrected chi connectivity index (χ1v) is 11.1. The zero-order chi connectivity index (χ0) is 22.8. The van der Waals surface area contributed by atoms with E-state index < -0.39 is 5.82 Å². The third-order valence-corrected chi connectivity index (χ3v) is 6.28. The molecule has 1 fully saturated rings. The van der Waals surface area contributed by atoms with Crippen LogP contribution in [0.1, 0.15) is 23.2 Å². The Labute approximate surface area is 191 Å². The monoisotopic (exact) mass is 441 g/mol. The van der Waals surface area contributed by atoms with Crippen LogP contribution in [0.3, 0.4) is 0 Å². The van der Waals surface area contributed by atoms with Crippen LogP contribution in [0.5, 0.6) is 0 Å². The zero-order valence-corrected chi connectivity index (χ0v) is 18.1. The molecule has 0 spiro atoms. The number of carbonyl (C=O) groups excluding carboxylic acids is 2. The van der Waals surface area contributed by atoms with E-state index in [1.165, 1.54) is 6.07 Å². The lowest BCUT2D eigenvalue weighted by molar-refractivity contribution is -0.121. The Morgan fingerprint density at radius 3 is 2.39 bits per heavy atom. The van der Waals surface area contributed by atoms with Gasteiger partial charge in [0.1, 0.15) is 5.82 Å². The number of benzene rings is 3. The Hall–Kier alpha value is -3.93. The number of likely N-dealkylation sites (tertiary alicyclic amines) is 1. The summed E-state index contributed by atoms with van der Waals surface area (Å²) in [5.41, 5.74) is 1.62. The Bertz CT molecular complexity index is 1300. The van der Waals surface area contributed by atoms with E-state index in [9.17, 15) is 14.0 Å². The molecule has 5 rings (SSSR count). The number of hydrogen-bond acceptors (Lipinski definition) is 2. The molecule has 1 saturated heterocycles. The highest BCUT2D eigenvalue weighted by atomic mass is 19.1. The van der Waals surface area contributed by atoms with Gasteiger partial charge < -0.3 is 14.8 Å². The highest BCUT2D eigenvalue weighted by molar-refractivity contribution is 6.07. The molecule has 0 bridgehead atoms. The maximum atomic E-state index is 14.3. The van der Waals surface area contributed by atoms with Crippen molar-refractivity contribution in [2.24, 2.45) is 5.92 Å². The van der Waals surface area contributed by atoms with Gasteiger partial charge in [-0.1, -0.05) is 36.4 Å². The summed E-state index contributed by atoms with van der Waals surface area (Å²) in [7, 11) is 0. The lowest BCUT2D eigenvalue weighted by Gasteiger charge is -2.31. The van der Waals surface area contributed by atoms with Crippen molar-refractivity contribution in [1.82, 2.24) is 9.47 Å². The van der Waals surface area contributed by atoms with Crippen LogP contribution in [0.15, 0.2) is 85.2 Å². The van der Waals surface area contributed by atoms with E-state index >= 15 is 0 Å². The largest absolute Gasteiger partial charge is 0.339 e. The van der Waals surface area contributed by atoms with E-state index in [2.05, 4.69) is 5.32 Å². The van der Waals surface area contributed by atoms with Crippen LogP contribution in [-0.4, -0.2) is 34.4 Å². The van der Waals surface area contributed by atoms with Crippen molar-refractivity contribution < 1.29 is 14.0 Å². The van der Waals surface area contributed by atoms with E-state index in [-0.39, 0.29) is 23.4 Å². The first-order valence-electron chi connectivity index (χ1n) is 11.1. The fraction of sp³-hybridized carbons (Fsp3) is 0.185. The van der Waals surface area contributed by atoms with Crippen molar-refractivity contribution in [2.45, 2.75) is 12.8 Å². The molecule has 0 unspecified atom stereocenters. The molecule has 0 saturated carbocycles. The average molecular weight is 442 g/mol. The summed E-state index contributed by atoms with van der Waals surface area (Å²) in [5.74, 6) is -0.967. The maximum absolute atomic E-state index is 14.3. The molecule has 1 aromatic heterocycles. The third kappa shape index (κ3) is 4.24. The predicted octanol–water partition coefficient (Wildman–Crippen LogP) is 5.26. The van der Waals surface area contributed by atoms with Gasteiger partial charge in [-0.25, -0.2) is 4.39 Å². The second kappa shape index (κ2) is 8.90. The van der Waals surface area contributed by atoms with Gasteiger partial charge >= 0.3 is 0 Å². The zero-order valence-electron chi connectivity index (χ0n) is 18.1. The molecule has 4 aromatic rings. The molecular weight excluding hydrogens is 417 g/mol. The van der Waals surface area contributed by atoms with Gasteiger partial charge in [-0.2, -0.15) is 0 Å². The Kier molecular flexibility index (Phi) is 5.65. The fourth-order valence-corrected chi connectivity index (χ4v) is 4.44. The highest BCUT2D eigenvalue weighted by Crippen LogP contribution is 2.26. The minimum atomic E-state index is -0.470. The van der Waals surface area contributed by atoms with Gasteiger partial charge in [0.05, 0.1) is 5.69 Å². The van der Waals surface area contributed by atoms with E-state index in [0.29, 0.717) is 31.5 Å². The standard InChI is InChI=1S/C27H24FN3O2/c28-24-11-10-21(30-14-3-4-15-30)18-25(24)29-26(32)20-12-16-31(17-13-20)27(33)23-9-5-7-19-6-1-2-8-22(19)23/h1-11,14-15,18,20H,12-13,16-17H2,(H,29,32). The molecule has 0 atom stereocenters. The molecular formula is C27H24FN3O2. The first kappa shape index (κ1) is 20.9. The van der Waals surface area contributed by atoms with Crippen LogP contribution in [0.2, 0.25) is 0 Å². The number of fused-ring (bicyclic) bond motifs is 1. The molecule has 2 heterocycles. The van der Waals surface area contributed by atoms with Gasteiger partial charge in [0, 0.05) is 42.7 Å². The summed E-state index contributed by atoms with van der Waals surface area (Å²) < 4.78 is 16.2. The molecule has 1 aliphatic rings. The Morgan fingerprint density at radius 1 is 0.879 bits per heavy atom. The van der Waals surface area contributed by atoms with Crippen LogP contribution in [0, 0.1) is 11.7 Å². The highest BCUT2D eigenvalue weighted by Gasteiger charge is 2.29. The topological polar surface area (TPSA) is 54.3 Å². The molecule has 0 aliphatic carbocycles. The molecule has 1 aliphatic heterocycles. The number of amides is 2. The van der Waals surface area contributed by atoms with Crippen LogP contribution < -0.4 is 5.32 Å². The quantitative estimate of drug-likeness (QED) is 0.470. The van der Waals surface area contributed by atoms with Crippen molar-refractivity contribution in [3.63, 3.8) is 0 Å². The summed E-state index contributed by atoms with van der Waals surface area (Å²) in [4.78, 5) is 27.8. The molecule has 0 radical (unpaired) electrons. The van der Waals surface area contributed by atoms with Gasteiger partial charge in [-0.15, -0.1) is 0 Å². The summed E-state index contributed by atoms with van der Waals surface area (Å²) in [6.45, 7) is 0.984. The number of aromatic nitrogens is 1. The minimum Gasteiger partial charge on any atom is -0.339 e. The van der Waals surface area contributed by atoms with Gasteiger partial charge in [0.25, 0.3) is 5.91 Å². The number of nitrogens with zero attached hydrogens (tertiary/aromatic N) is 2. The lowest BCUT2D eigenvalue weighted by atomic mass is 9.94. The number of anilines is 1. The smallest absolute Gasteiger partial charge is 0.254 e. The van der Waals surface area contributed by atoms with Gasteiger partial charge in [0.2, 0.25) is 5.91 Å². The van der Waals surface area contributed by atoms with Crippen molar-refractivity contribution in [2.75, 3.05) is 18.4 Å². The van der Waals surface area contributed by atoms with Gasteiger partial charge in [0.15, 0.2) is 0 Å². The number of rotatable bonds is 4. The number of halogens is 1. The summed E-state index contributed by atoms with van der Waals surface area (Å²) in [5, 5.41) is 4.71. The number of piperidine rings is 1. The molecule has 1 N–H and O–H groups in total. The fourth-order valence-electron chi connectivity index (χ4n) is 4.44. The molecule has 3 aromatic carbocycles. The van der Waals surface area contributed by atoms with E-state index in [0.717, 1.165) is 16.5 Å². The first-order chi connectivity index (χ1) is 16.1. The molecule has 6 heteroatoms. The van der Waals surface area contributed by atoms with Crippen LogP contribution in [-0.2, 0) is 4.79 Å². The summed E-state index contributed by atoms with van der Waals surface area (Å²) in [6.07, 6.45) is 4.81. The van der Waals surface area contributed by atoms with Crippen LogP contribution in [0.25, 0.3) is 16.5 Å². The van der Waals surface area contributed by atoms with Gasteiger partial charge in [-0.05, 0) is 60.0 Å². The molecule has 5 nitrogen and oxygen atoms in total. The molecule has 2 amide bonds. The number of carbonyl (C=O) groups is 2. The third-order valence-electron chi connectivity index (χ3n) is 6.28. The van der Waals surface area contributed by atoms with E-state index in [4.69, 9.17) is 0 Å².